The molecular weight excluding hydrogens is 270 g/mol. The van der Waals surface area contributed by atoms with E-state index < -0.39 is 0 Å². The fraction of sp³-hybridized carbons (Fsp3) is 0.556. The molecule has 0 bridgehead atoms. The minimum absolute atomic E-state index is 0. The molecule has 0 aromatic carbocycles. The lowest BCUT2D eigenvalue weighted by molar-refractivity contribution is 0.495. The van der Waals surface area contributed by atoms with Gasteiger partial charge in [0.2, 0.25) is 5.95 Å². The van der Waals surface area contributed by atoms with Gasteiger partial charge in [-0.15, -0.1) is 24.8 Å². The molecule has 0 radical (unpaired) electrons. The topological polar surface area (TPSA) is 55.0 Å². The molecule has 7 heteroatoms. The fourth-order valence-corrected chi connectivity index (χ4v) is 1.67. The summed E-state index contributed by atoms with van der Waals surface area (Å²) in [6.07, 6.45) is 5.26. The summed E-state index contributed by atoms with van der Waals surface area (Å²) >= 11 is 5.71. The lowest BCUT2D eigenvalue weighted by Crippen LogP contribution is -2.40. The first-order valence-electron chi connectivity index (χ1n) is 4.74. The Morgan fingerprint density at radius 3 is 2.19 bits per heavy atom. The maximum Gasteiger partial charge on any atom is 0.225 e. The molecule has 0 spiro atoms. The highest BCUT2D eigenvalue weighted by atomic mass is 35.5. The van der Waals surface area contributed by atoms with Crippen LogP contribution in [0.25, 0.3) is 0 Å². The molecule has 2 heterocycles. The Bertz CT molecular complexity index is 298. The fourth-order valence-electron chi connectivity index (χ4n) is 1.57. The molecule has 4 nitrogen and oxygen atoms in total. The Balaban J connectivity index is 0.00000112. The summed E-state index contributed by atoms with van der Waals surface area (Å²) in [5, 5.41) is 0.572. The molecule has 2 N–H and O–H groups in total. The van der Waals surface area contributed by atoms with Crippen LogP contribution in [0, 0.1) is 0 Å². The molecule has 1 saturated heterocycles. The van der Waals surface area contributed by atoms with E-state index >= 15 is 0 Å². The summed E-state index contributed by atoms with van der Waals surface area (Å²) in [6.45, 7) is 1.87. The van der Waals surface area contributed by atoms with Gasteiger partial charge in [-0.1, -0.05) is 11.6 Å². The first-order chi connectivity index (χ1) is 6.75. The number of hydrogen-bond acceptors (Lipinski definition) is 4. The van der Waals surface area contributed by atoms with Crippen molar-refractivity contribution in [3.05, 3.63) is 17.4 Å². The van der Waals surface area contributed by atoms with Crippen molar-refractivity contribution in [1.82, 2.24) is 9.97 Å². The van der Waals surface area contributed by atoms with E-state index in [1.165, 1.54) is 0 Å². The zero-order chi connectivity index (χ0) is 9.97. The van der Waals surface area contributed by atoms with Crippen LogP contribution in [0.2, 0.25) is 5.02 Å². The zero-order valence-electron chi connectivity index (χ0n) is 8.67. The number of halogens is 3. The maximum absolute atomic E-state index is 5.81. The lowest BCUT2D eigenvalue weighted by Gasteiger charge is -2.29. The van der Waals surface area contributed by atoms with Gasteiger partial charge in [-0.3, -0.25) is 0 Å². The lowest BCUT2D eigenvalue weighted by atomic mass is 10.1. The van der Waals surface area contributed by atoms with Gasteiger partial charge in [0.15, 0.2) is 0 Å². The van der Waals surface area contributed by atoms with E-state index in [9.17, 15) is 0 Å². The van der Waals surface area contributed by atoms with E-state index in [1.807, 2.05) is 0 Å². The molecule has 1 aromatic rings. The second kappa shape index (κ2) is 7.12. The first kappa shape index (κ1) is 15.7. The van der Waals surface area contributed by atoms with Crippen LogP contribution >= 0.6 is 36.4 Å². The predicted octanol–water partition coefficient (Wildman–Crippen LogP) is 1.90. The van der Waals surface area contributed by atoms with Crippen molar-refractivity contribution < 1.29 is 0 Å². The Kier molecular flexibility index (Phi) is 6.99. The van der Waals surface area contributed by atoms with E-state index in [2.05, 4.69) is 14.9 Å². The molecule has 2 rings (SSSR count). The van der Waals surface area contributed by atoms with Crippen LogP contribution < -0.4 is 10.6 Å². The first-order valence-corrected chi connectivity index (χ1v) is 5.11. The number of nitrogens with two attached hydrogens (primary N) is 1. The van der Waals surface area contributed by atoms with Gasteiger partial charge >= 0.3 is 0 Å². The van der Waals surface area contributed by atoms with Crippen molar-refractivity contribution in [3.63, 3.8) is 0 Å². The average Bonchev–Trinajstić information content (AvgIpc) is 2.21. The quantitative estimate of drug-likeness (QED) is 0.856. The second-order valence-corrected chi connectivity index (χ2v) is 3.96. The summed E-state index contributed by atoms with van der Waals surface area (Å²) in [6, 6.07) is 0.332. The van der Waals surface area contributed by atoms with E-state index in [4.69, 9.17) is 17.3 Å². The SMILES string of the molecule is Cl.Cl.NC1CCN(c2ncc(Cl)cn2)CC1. The summed E-state index contributed by atoms with van der Waals surface area (Å²) < 4.78 is 0. The Morgan fingerprint density at radius 1 is 1.19 bits per heavy atom. The molecule has 92 valence electrons. The second-order valence-electron chi connectivity index (χ2n) is 3.53. The van der Waals surface area contributed by atoms with Crippen LogP contribution in [0.4, 0.5) is 5.95 Å². The van der Waals surface area contributed by atoms with Crippen molar-refractivity contribution in [2.45, 2.75) is 18.9 Å². The van der Waals surface area contributed by atoms with Gasteiger partial charge in [0.05, 0.1) is 17.4 Å². The van der Waals surface area contributed by atoms with Crippen LogP contribution in [-0.4, -0.2) is 29.1 Å². The van der Waals surface area contributed by atoms with Crippen molar-refractivity contribution in [2.75, 3.05) is 18.0 Å². The molecule has 1 fully saturated rings. The van der Waals surface area contributed by atoms with Crippen molar-refractivity contribution in [3.8, 4) is 0 Å². The molecule has 0 unspecified atom stereocenters. The predicted molar refractivity (Wildman–Crippen MR) is 71.0 cm³/mol. The third-order valence-corrected chi connectivity index (χ3v) is 2.62. The van der Waals surface area contributed by atoms with Gasteiger partial charge in [0, 0.05) is 19.1 Å². The molecule has 0 amide bonds. The normalized spacial score (nSPS) is 16.2. The standard InChI is InChI=1S/C9H13ClN4.2ClH/c10-7-5-12-9(13-6-7)14-3-1-8(11)2-4-14;;/h5-6,8H,1-4,11H2;2*1H. The largest absolute Gasteiger partial charge is 0.341 e. The van der Waals surface area contributed by atoms with Crippen LogP contribution in [0.15, 0.2) is 12.4 Å². The molecule has 1 aromatic heterocycles. The number of anilines is 1. The minimum atomic E-state index is 0. The van der Waals surface area contributed by atoms with Crippen LogP contribution in [0.3, 0.4) is 0 Å². The number of nitrogens with zero attached hydrogens (tertiary/aromatic N) is 3. The van der Waals surface area contributed by atoms with Crippen molar-refractivity contribution >= 4 is 42.4 Å². The number of rotatable bonds is 1. The number of hydrogen-bond donors (Lipinski definition) is 1. The summed E-state index contributed by atoms with van der Waals surface area (Å²) in [5.41, 5.74) is 5.81. The molecule has 0 aliphatic carbocycles. The van der Waals surface area contributed by atoms with E-state index in [0.29, 0.717) is 11.1 Å². The zero-order valence-corrected chi connectivity index (χ0v) is 11.1. The van der Waals surface area contributed by atoms with Crippen LogP contribution in [-0.2, 0) is 0 Å². The Labute approximate surface area is 112 Å². The molecule has 16 heavy (non-hydrogen) atoms. The maximum atomic E-state index is 5.81. The molecule has 1 aliphatic rings. The summed E-state index contributed by atoms with van der Waals surface area (Å²) in [5.74, 6) is 0.751. The highest BCUT2D eigenvalue weighted by Crippen LogP contribution is 2.15. The van der Waals surface area contributed by atoms with Gasteiger partial charge < -0.3 is 10.6 Å². The van der Waals surface area contributed by atoms with E-state index in [-0.39, 0.29) is 24.8 Å². The van der Waals surface area contributed by atoms with E-state index in [0.717, 1.165) is 31.9 Å². The highest BCUT2D eigenvalue weighted by Gasteiger charge is 2.17. The molecule has 0 saturated carbocycles. The molecule has 0 atom stereocenters. The van der Waals surface area contributed by atoms with Crippen LogP contribution in [0.1, 0.15) is 12.8 Å². The number of piperidine rings is 1. The van der Waals surface area contributed by atoms with Gasteiger partial charge in [-0.05, 0) is 12.8 Å². The monoisotopic (exact) mass is 284 g/mol. The summed E-state index contributed by atoms with van der Waals surface area (Å²) in [4.78, 5) is 10.5. The molecular formula is C9H15Cl3N4. The van der Waals surface area contributed by atoms with Gasteiger partial charge in [-0.2, -0.15) is 0 Å². The smallest absolute Gasteiger partial charge is 0.225 e. The minimum Gasteiger partial charge on any atom is -0.341 e. The molecule has 1 aliphatic heterocycles. The number of aromatic nitrogens is 2. The van der Waals surface area contributed by atoms with Crippen molar-refractivity contribution in [2.24, 2.45) is 5.73 Å². The highest BCUT2D eigenvalue weighted by molar-refractivity contribution is 6.30. The van der Waals surface area contributed by atoms with Gasteiger partial charge in [0.1, 0.15) is 0 Å². The van der Waals surface area contributed by atoms with E-state index in [1.54, 1.807) is 12.4 Å². The summed E-state index contributed by atoms with van der Waals surface area (Å²) in [7, 11) is 0. The van der Waals surface area contributed by atoms with Crippen molar-refractivity contribution in [1.29, 1.82) is 0 Å². The Hall–Kier alpha value is -0.290. The third kappa shape index (κ3) is 3.94. The van der Waals surface area contributed by atoms with Crippen LogP contribution in [0.5, 0.6) is 0 Å². The third-order valence-electron chi connectivity index (χ3n) is 2.43. The average molecular weight is 286 g/mol. The Morgan fingerprint density at radius 2 is 1.69 bits per heavy atom. The van der Waals surface area contributed by atoms with Gasteiger partial charge in [-0.25, -0.2) is 9.97 Å². The van der Waals surface area contributed by atoms with Gasteiger partial charge in [0.25, 0.3) is 0 Å².